The summed E-state index contributed by atoms with van der Waals surface area (Å²) in [5, 5.41) is 0.462. The van der Waals surface area contributed by atoms with Gasteiger partial charge in [0.1, 0.15) is 5.82 Å². The number of nitrogens with two attached hydrogens (primary N) is 1. The van der Waals surface area contributed by atoms with Crippen molar-refractivity contribution in [2.45, 2.75) is 6.54 Å². The van der Waals surface area contributed by atoms with E-state index in [9.17, 15) is 4.39 Å². The average molecular weight is 159 g/mol. The van der Waals surface area contributed by atoms with Crippen LogP contribution >= 0.6 is 11.6 Å². The van der Waals surface area contributed by atoms with Gasteiger partial charge in [-0.15, -0.1) is 0 Å². The third kappa shape index (κ3) is 1.46. The Morgan fingerprint density at radius 1 is 1.60 bits per heavy atom. The molecule has 0 spiro atoms. The lowest BCUT2D eigenvalue weighted by Crippen LogP contribution is -1.97. The maximum absolute atomic E-state index is 12.4. The Labute approximate surface area is 63.6 Å². The SMILES string of the molecule is NCc1[c]c(F)ccc1Cl. The summed E-state index contributed by atoms with van der Waals surface area (Å²) in [6, 6.07) is 5.12. The van der Waals surface area contributed by atoms with Crippen LogP contribution in [0, 0.1) is 11.9 Å². The minimum absolute atomic E-state index is 0.219. The van der Waals surface area contributed by atoms with Gasteiger partial charge in [0, 0.05) is 17.6 Å². The quantitative estimate of drug-likeness (QED) is 0.662. The summed E-state index contributed by atoms with van der Waals surface area (Å²) in [5.74, 6) is -0.426. The Kier molecular flexibility index (Phi) is 2.25. The monoisotopic (exact) mass is 158 g/mol. The first-order valence-corrected chi connectivity index (χ1v) is 3.18. The van der Waals surface area contributed by atoms with Crippen molar-refractivity contribution in [3.8, 4) is 0 Å². The zero-order valence-electron chi connectivity index (χ0n) is 5.20. The van der Waals surface area contributed by atoms with Crippen molar-refractivity contribution in [2.75, 3.05) is 0 Å². The zero-order chi connectivity index (χ0) is 7.56. The van der Waals surface area contributed by atoms with Crippen molar-refractivity contribution < 1.29 is 4.39 Å². The van der Waals surface area contributed by atoms with E-state index in [0.717, 1.165) is 0 Å². The molecule has 0 aliphatic rings. The maximum atomic E-state index is 12.4. The van der Waals surface area contributed by atoms with E-state index in [0.29, 0.717) is 10.6 Å². The standard InChI is InChI=1S/C7H6ClFN/c8-7-2-1-6(9)3-5(7)4-10/h1-2H,4,10H2. The molecule has 0 saturated heterocycles. The van der Waals surface area contributed by atoms with E-state index in [2.05, 4.69) is 6.07 Å². The van der Waals surface area contributed by atoms with E-state index in [1.54, 1.807) is 0 Å². The van der Waals surface area contributed by atoms with Crippen LogP contribution in [0.3, 0.4) is 0 Å². The van der Waals surface area contributed by atoms with Gasteiger partial charge in [-0.2, -0.15) is 0 Å². The van der Waals surface area contributed by atoms with E-state index in [1.807, 2.05) is 0 Å². The summed E-state index contributed by atoms with van der Waals surface area (Å²) < 4.78 is 12.4. The van der Waals surface area contributed by atoms with Crippen LogP contribution < -0.4 is 5.73 Å². The van der Waals surface area contributed by atoms with E-state index >= 15 is 0 Å². The largest absolute Gasteiger partial charge is 0.326 e. The van der Waals surface area contributed by atoms with Gasteiger partial charge in [0.05, 0.1) is 0 Å². The molecule has 53 valence electrons. The molecule has 0 aromatic heterocycles. The van der Waals surface area contributed by atoms with Crippen molar-refractivity contribution in [1.82, 2.24) is 0 Å². The van der Waals surface area contributed by atoms with Crippen LogP contribution in [0.4, 0.5) is 4.39 Å². The fourth-order valence-electron chi connectivity index (χ4n) is 0.641. The summed E-state index contributed by atoms with van der Waals surface area (Å²) in [4.78, 5) is 0. The molecule has 0 aliphatic heterocycles. The predicted molar refractivity (Wildman–Crippen MR) is 38.1 cm³/mol. The number of benzene rings is 1. The Morgan fingerprint density at radius 3 is 2.80 bits per heavy atom. The molecule has 3 heteroatoms. The van der Waals surface area contributed by atoms with Gasteiger partial charge in [-0.25, -0.2) is 4.39 Å². The summed E-state index contributed by atoms with van der Waals surface area (Å²) in [6.45, 7) is 0.219. The van der Waals surface area contributed by atoms with Crippen LogP contribution in [-0.4, -0.2) is 0 Å². The predicted octanol–water partition coefficient (Wildman–Crippen LogP) is 1.74. The lowest BCUT2D eigenvalue weighted by atomic mass is 10.2. The second kappa shape index (κ2) is 2.99. The highest BCUT2D eigenvalue weighted by molar-refractivity contribution is 6.31. The van der Waals surface area contributed by atoms with Crippen LogP contribution in [0.15, 0.2) is 12.1 Å². The van der Waals surface area contributed by atoms with Gasteiger partial charge in [0.2, 0.25) is 0 Å². The van der Waals surface area contributed by atoms with Gasteiger partial charge in [-0.05, 0) is 17.7 Å². The first-order chi connectivity index (χ1) is 4.74. The minimum atomic E-state index is -0.426. The fourth-order valence-corrected chi connectivity index (χ4v) is 0.828. The van der Waals surface area contributed by atoms with Gasteiger partial charge >= 0.3 is 0 Å². The lowest BCUT2D eigenvalue weighted by molar-refractivity contribution is 0.623. The van der Waals surface area contributed by atoms with Crippen molar-refractivity contribution in [3.63, 3.8) is 0 Å². The Morgan fingerprint density at radius 2 is 2.30 bits per heavy atom. The molecule has 1 radical (unpaired) electrons. The third-order valence-corrected chi connectivity index (χ3v) is 1.49. The molecule has 0 fully saturated rings. The second-order valence-corrected chi connectivity index (χ2v) is 2.24. The van der Waals surface area contributed by atoms with Gasteiger partial charge < -0.3 is 5.73 Å². The summed E-state index contributed by atoms with van der Waals surface area (Å²) in [5.41, 5.74) is 5.75. The van der Waals surface area contributed by atoms with Crippen molar-refractivity contribution in [2.24, 2.45) is 5.73 Å². The van der Waals surface area contributed by atoms with Gasteiger partial charge in [-0.3, -0.25) is 0 Å². The molecule has 0 heterocycles. The molecular weight excluding hydrogens is 153 g/mol. The number of hydrogen-bond donors (Lipinski definition) is 1. The molecule has 1 aromatic rings. The smallest absolute Gasteiger partial charge is 0.131 e. The molecule has 0 saturated carbocycles. The highest BCUT2D eigenvalue weighted by atomic mass is 35.5. The molecule has 0 bridgehead atoms. The molecule has 1 nitrogen and oxygen atoms in total. The van der Waals surface area contributed by atoms with E-state index in [4.69, 9.17) is 17.3 Å². The highest BCUT2D eigenvalue weighted by Crippen LogP contribution is 2.14. The molecule has 0 unspecified atom stereocenters. The summed E-state index contributed by atoms with van der Waals surface area (Å²) in [6.07, 6.45) is 0. The van der Waals surface area contributed by atoms with E-state index in [1.165, 1.54) is 12.1 Å². The molecular formula is C7H6ClFN. The highest BCUT2D eigenvalue weighted by Gasteiger charge is 1.98. The zero-order valence-corrected chi connectivity index (χ0v) is 5.95. The Bertz CT molecular complexity index is 237. The van der Waals surface area contributed by atoms with Crippen LogP contribution in [0.1, 0.15) is 5.56 Å². The van der Waals surface area contributed by atoms with Gasteiger partial charge in [0.25, 0.3) is 0 Å². The van der Waals surface area contributed by atoms with E-state index < -0.39 is 5.82 Å². The Balaban J connectivity index is 3.09. The first-order valence-electron chi connectivity index (χ1n) is 2.80. The molecule has 1 rings (SSSR count). The van der Waals surface area contributed by atoms with Crippen molar-refractivity contribution in [3.05, 3.63) is 34.6 Å². The van der Waals surface area contributed by atoms with Crippen molar-refractivity contribution >= 4 is 11.6 Å². The molecule has 10 heavy (non-hydrogen) atoms. The molecule has 0 aliphatic carbocycles. The fraction of sp³-hybridized carbons (Fsp3) is 0.143. The molecule has 0 atom stereocenters. The minimum Gasteiger partial charge on any atom is -0.326 e. The third-order valence-electron chi connectivity index (χ3n) is 1.14. The molecule has 2 N–H and O–H groups in total. The lowest BCUT2D eigenvalue weighted by Gasteiger charge is -1.97. The first kappa shape index (κ1) is 7.51. The van der Waals surface area contributed by atoms with Crippen LogP contribution in [0.2, 0.25) is 5.02 Å². The van der Waals surface area contributed by atoms with Crippen molar-refractivity contribution in [1.29, 1.82) is 0 Å². The Hall–Kier alpha value is -0.600. The number of hydrogen-bond acceptors (Lipinski definition) is 1. The number of rotatable bonds is 1. The molecule has 0 amide bonds. The second-order valence-electron chi connectivity index (χ2n) is 1.84. The van der Waals surface area contributed by atoms with Gasteiger partial charge in [-0.1, -0.05) is 11.6 Å². The van der Waals surface area contributed by atoms with E-state index in [-0.39, 0.29) is 6.54 Å². The van der Waals surface area contributed by atoms with Crippen LogP contribution in [0.5, 0.6) is 0 Å². The summed E-state index contributed by atoms with van der Waals surface area (Å²) in [7, 11) is 0. The topological polar surface area (TPSA) is 26.0 Å². The van der Waals surface area contributed by atoms with Crippen LogP contribution in [-0.2, 0) is 6.54 Å². The normalized spacial score (nSPS) is 9.90. The molecule has 1 aromatic carbocycles. The number of halogens is 2. The maximum Gasteiger partial charge on any atom is 0.131 e. The summed E-state index contributed by atoms with van der Waals surface area (Å²) >= 11 is 5.62. The van der Waals surface area contributed by atoms with Gasteiger partial charge in [0.15, 0.2) is 0 Å². The average Bonchev–Trinajstić information content (AvgIpc) is 1.94. The van der Waals surface area contributed by atoms with Crippen LogP contribution in [0.25, 0.3) is 0 Å².